The van der Waals surface area contributed by atoms with E-state index in [2.05, 4.69) is 18.8 Å². The normalized spacial score (nSPS) is 10.7. The van der Waals surface area contributed by atoms with Gasteiger partial charge in [0.05, 0.1) is 15.6 Å². The predicted molar refractivity (Wildman–Crippen MR) is 80.8 cm³/mol. The van der Waals surface area contributed by atoms with Crippen LogP contribution in [0.5, 0.6) is 5.75 Å². The molecule has 0 fully saturated rings. The molecule has 0 saturated carbocycles. The van der Waals surface area contributed by atoms with Crippen LogP contribution in [0.2, 0.25) is 5.02 Å². The van der Waals surface area contributed by atoms with Gasteiger partial charge in [-0.25, -0.2) is 0 Å². The van der Waals surface area contributed by atoms with Crippen LogP contribution >= 0.6 is 11.6 Å². The van der Waals surface area contributed by atoms with E-state index in [1.165, 1.54) is 18.2 Å². The molecule has 5 nitrogen and oxygen atoms in total. The molecule has 0 amide bonds. The van der Waals surface area contributed by atoms with E-state index in [1.54, 1.807) is 0 Å². The SMILES string of the molecule is CC(C)c1ccc(COc2ccc([N+](=O)[O-])cc2Cl)nc1. The van der Waals surface area contributed by atoms with Crippen LogP contribution in [0.3, 0.4) is 0 Å². The maximum absolute atomic E-state index is 10.6. The molecule has 0 spiro atoms. The molecule has 0 radical (unpaired) electrons. The molecule has 0 bridgehead atoms. The molecule has 0 unspecified atom stereocenters. The summed E-state index contributed by atoms with van der Waals surface area (Å²) in [5, 5.41) is 10.8. The summed E-state index contributed by atoms with van der Waals surface area (Å²) >= 11 is 5.96. The summed E-state index contributed by atoms with van der Waals surface area (Å²) in [6.07, 6.45) is 1.82. The van der Waals surface area contributed by atoms with Gasteiger partial charge < -0.3 is 4.74 Å². The Bertz CT molecular complexity index is 642. The van der Waals surface area contributed by atoms with E-state index < -0.39 is 4.92 Å². The van der Waals surface area contributed by atoms with Crippen molar-refractivity contribution in [2.45, 2.75) is 26.4 Å². The molecule has 1 heterocycles. The van der Waals surface area contributed by atoms with E-state index >= 15 is 0 Å². The fourth-order valence-electron chi connectivity index (χ4n) is 1.73. The summed E-state index contributed by atoms with van der Waals surface area (Å²) in [4.78, 5) is 14.4. The summed E-state index contributed by atoms with van der Waals surface area (Å²) < 4.78 is 5.54. The van der Waals surface area contributed by atoms with Crippen molar-refractivity contribution in [3.05, 3.63) is 62.9 Å². The van der Waals surface area contributed by atoms with E-state index in [4.69, 9.17) is 16.3 Å². The first-order valence-corrected chi connectivity index (χ1v) is 6.86. The zero-order chi connectivity index (χ0) is 15.4. The smallest absolute Gasteiger partial charge is 0.271 e. The van der Waals surface area contributed by atoms with Crippen molar-refractivity contribution in [3.8, 4) is 5.75 Å². The zero-order valence-electron chi connectivity index (χ0n) is 11.7. The first-order valence-electron chi connectivity index (χ1n) is 6.49. The van der Waals surface area contributed by atoms with E-state index in [0.717, 1.165) is 11.3 Å². The number of rotatable bonds is 5. The lowest BCUT2D eigenvalue weighted by Gasteiger charge is -2.09. The van der Waals surface area contributed by atoms with Crippen LogP contribution in [-0.2, 0) is 6.61 Å². The van der Waals surface area contributed by atoms with E-state index in [-0.39, 0.29) is 17.3 Å². The Morgan fingerprint density at radius 2 is 2.10 bits per heavy atom. The van der Waals surface area contributed by atoms with Gasteiger partial charge in [-0.1, -0.05) is 31.5 Å². The molecule has 0 atom stereocenters. The Morgan fingerprint density at radius 3 is 2.62 bits per heavy atom. The van der Waals surface area contributed by atoms with Crippen LogP contribution in [-0.4, -0.2) is 9.91 Å². The molecule has 0 aliphatic heterocycles. The van der Waals surface area contributed by atoms with E-state index in [9.17, 15) is 10.1 Å². The minimum Gasteiger partial charge on any atom is -0.486 e. The van der Waals surface area contributed by atoms with Gasteiger partial charge in [0, 0.05) is 18.3 Å². The molecule has 0 saturated heterocycles. The fraction of sp³-hybridized carbons (Fsp3) is 0.267. The molecule has 0 aliphatic carbocycles. The average Bonchev–Trinajstić information content (AvgIpc) is 2.46. The lowest BCUT2D eigenvalue weighted by molar-refractivity contribution is -0.384. The Labute approximate surface area is 127 Å². The topological polar surface area (TPSA) is 65.3 Å². The second-order valence-corrected chi connectivity index (χ2v) is 5.31. The summed E-state index contributed by atoms with van der Waals surface area (Å²) in [5.41, 5.74) is 1.87. The van der Waals surface area contributed by atoms with Gasteiger partial charge in [-0.05, 0) is 23.6 Å². The third-order valence-electron chi connectivity index (χ3n) is 3.02. The number of nitro groups is 1. The summed E-state index contributed by atoms with van der Waals surface area (Å²) in [7, 11) is 0. The molecule has 1 aromatic carbocycles. The summed E-state index contributed by atoms with van der Waals surface area (Å²) in [6, 6.07) is 8.02. The van der Waals surface area contributed by atoms with Crippen molar-refractivity contribution in [1.82, 2.24) is 4.98 Å². The molecule has 21 heavy (non-hydrogen) atoms. The van der Waals surface area contributed by atoms with Gasteiger partial charge in [0.15, 0.2) is 0 Å². The van der Waals surface area contributed by atoms with E-state index in [0.29, 0.717) is 11.7 Å². The zero-order valence-corrected chi connectivity index (χ0v) is 12.5. The summed E-state index contributed by atoms with van der Waals surface area (Å²) in [6.45, 7) is 4.46. The van der Waals surface area contributed by atoms with Gasteiger partial charge >= 0.3 is 0 Å². The summed E-state index contributed by atoms with van der Waals surface area (Å²) in [5.74, 6) is 0.827. The van der Waals surface area contributed by atoms with E-state index in [1.807, 2.05) is 18.3 Å². The highest BCUT2D eigenvalue weighted by Crippen LogP contribution is 2.29. The third-order valence-corrected chi connectivity index (χ3v) is 3.31. The Balaban J connectivity index is 2.04. The number of ether oxygens (including phenoxy) is 1. The second-order valence-electron chi connectivity index (χ2n) is 4.90. The number of hydrogen-bond acceptors (Lipinski definition) is 4. The standard InChI is InChI=1S/C15H15ClN2O3/c1-10(2)11-3-4-12(17-8-11)9-21-15-6-5-13(18(19)20)7-14(15)16/h3-8,10H,9H2,1-2H3. The molecular formula is C15H15ClN2O3. The van der Waals surface area contributed by atoms with Gasteiger partial charge in [0.25, 0.3) is 5.69 Å². The Hall–Kier alpha value is -2.14. The van der Waals surface area contributed by atoms with Gasteiger partial charge in [0.1, 0.15) is 12.4 Å². The van der Waals surface area contributed by atoms with Crippen molar-refractivity contribution < 1.29 is 9.66 Å². The number of halogens is 1. The molecule has 2 rings (SSSR count). The van der Waals surface area contributed by atoms with Gasteiger partial charge in [-0.2, -0.15) is 0 Å². The predicted octanol–water partition coefficient (Wildman–Crippen LogP) is 4.35. The van der Waals surface area contributed by atoms with Crippen LogP contribution < -0.4 is 4.74 Å². The van der Waals surface area contributed by atoms with Crippen LogP contribution in [0.1, 0.15) is 31.0 Å². The van der Waals surface area contributed by atoms with Gasteiger partial charge in [-0.15, -0.1) is 0 Å². The maximum Gasteiger partial charge on any atom is 0.271 e. The number of aromatic nitrogens is 1. The van der Waals surface area contributed by atoms with Crippen LogP contribution in [0.4, 0.5) is 5.69 Å². The van der Waals surface area contributed by atoms with Crippen molar-refractivity contribution >= 4 is 17.3 Å². The van der Waals surface area contributed by atoms with Crippen LogP contribution in [0.25, 0.3) is 0 Å². The maximum atomic E-state index is 10.6. The molecule has 6 heteroatoms. The fourth-order valence-corrected chi connectivity index (χ4v) is 1.96. The quantitative estimate of drug-likeness (QED) is 0.608. The molecule has 110 valence electrons. The lowest BCUT2D eigenvalue weighted by atomic mass is 10.1. The highest BCUT2D eigenvalue weighted by atomic mass is 35.5. The molecule has 2 aromatic rings. The lowest BCUT2D eigenvalue weighted by Crippen LogP contribution is -2.00. The van der Waals surface area contributed by atoms with Crippen molar-refractivity contribution in [3.63, 3.8) is 0 Å². The van der Waals surface area contributed by atoms with Crippen molar-refractivity contribution in [1.29, 1.82) is 0 Å². The minimum absolute atomic E-state index is 0.0632. The number of nitro benzene ring substituents is 1. The monoisotopic (exact) mass is 306 g/mol. The number of non-ortho nitro benzene ring substituents is 1. The Kier molecular flexibility index (Phi) is 4.75. The number of pyridine rings is 1. The van der Waals surface area contributed by atoms with Crippen molar-refractivity contribution in [2.75, 3.05) is 0 Å². The van der Waals surface area contributed by atoms with Gasteiger partial charge in [0.2, 0.25) is 0 Å². The number of nitrogens with zero attached hydrogens (tertiary/aromatic N) is 2. The average molecular weight is 307 g/mol. The first kappa shape index (κ1) is 15.3. The second kappa shape index (κ2) is 6.54. The first-order chi connectivity index (χ1) is 9.97. The molecule has 0 N–H and O–H groups in total. The largest absolute Gasteiger partial charge is 0.486 e. The molecule has 1 aromatic heterocycles. The highest BCUT2D eigenvalue weighted by molar-refractivity contribution is 6.32. The van der Waals surface area contributed by atoms with Crippen LogP contribution in [0, 0.1) is 10.1 Å². The Morgan fingerprint density at radius 1 is 1.33 bits per heavy atom. The minimum atomic E-state index is -0.498. The number of hydrogen-bond donors (Lipinski definition) is 0. The van der Waals surface area contributed by atoms with Crippen molar-refractivity contribution in [2.24, 2.45) is 0 Å². The molecule has 0 aliphatic rings. The number of benzene rings is 1. The highest BCUT2D eigenvalue weighted by Gasteiger charge is 2.10. The van der Waals surface area contributed by atoms with Crippen LogP contribution in [0.15, 0.2) is 36.5 Å². The third kappa shape index (κ3) is 3.92. The molecular weight excluding hydrogens is 292 g/mol. The van der Waals surface area contributed by atoms with Gasteiger partial charge in [-0.3, -0.25) is 15.1 Å².